The highest BCUT2D eigenvalue weighted by Gasteiger charge is 2.13. The molecule has 15 heavy (non-hydrogen) atoms. The minimum atomic E-state index is -0.0434. The highest BCUT2D eigenvalue weighted by atomic mass is 16.1. The van der Waals surface area contributed by atoms with Crippen molar-refractivity contribution in [3.8, 4) is 0 Å². The number of fused-ring (bicyclic) bond motifs is 1. The van der Waals surface area contributed by atoms with Gasteiger partial charge in [0.1, 0.15) is 5.69 Å². The summed E-state index contributed by atoms with van der Waals surface area (Å²) in [7, 11) is 1.65. The normalized spacial score (nSPS) is 10.6. The summed E-state index contributed by atoms with van der Waals surface area (Å²) in [6, 6.07) is 6.04. The van der Waals surface area contributed by atoms with Gasteiger partial charge in [-0.3, -0.25) is 4.79 Å². The lowest BCUT2D eigenvalue weighted by Gasteiger charge is -2.03. The maximum Gasteiger partial charge on any atom is 0.268 e. The molecule has 1 amide bonds. The van der Waals surface area contributed by atoms with Crippen LogP contribution in [0.1, 0.15) is 21.6 Å². The van der Waals surface area contributed by atoms with Crippen molar-refractivity contribution in [1.29, 1.82) is 0 Å². The van der Waals surface area contributed by atoms with Gasteiger partial charge in [-0.1, -0.05) is 6.07 Å². The molecule has 0 bridgehead atoms. The van der Waals surface area contributed by atoms with E-state index < -0.39 is 0 Å². The number of amides is 1. The van der Waals surface area contributed by atoms with E-state index in [9.17, 15) is 4.79 Å². The number of hydrogen-bond acceptors (Lipinski definition) is 1. The molecule has 0 aliphatic heterocycles. The quantitative estimate of drug-likeness (QED) is 0.753. The van der Waals surface area contributed by atoms with Crippen LogP contribution >= 0.6 is 0 Å². The maximum atomic E-state index is 11.7. The van der Waals surface area contributed by atoms with E-state index in [0.717, 1.165) is 16.8 Å². The van der Waals surface area contributed by atoms with Crippen LogP contribution in [0.2, 0.25) is 0 Å². The number of pyridine rings is 1. The van der Waals surface area contributed by atoms with E-state index in [4.69, 9.17) is 0 Å². The van der Waals surface area contributed by atoms with Crippen LogP contribution in [-0.2, 0) is 0 Å². The Labute approximate surface area is 88.7 Å². The van der Waals surface area contributed by atoms with Crippen molar-refractivity contribution in [3.63, 3.8) is 0 Å². The molecule has 2 heterocycles. The van der Waals surface area contributed by atoms with E-state index in [1.165, 1.54) is 5.56 Å². The number of rotatable bonds is 1. The van der Waals surface area contributed by atoms with Gasteiger partial charge >= 0.3 is 0 Å². The SMILES string of the molecule is CNC(=O)c1c(C)cc2c(C)cccn12. The second-order valence-corrected chi connectivity index (χ2v) is 3.70. The van der Waals surface area contributed by atoms with E-state index in [-0.39, 0.29) is 5.91 Å². The Balaban J connectivity index is 2.79. The average molecular weight is 202 g/mol. The number of aryl methyl sites for hydroxylation is 2. The van der Waals surface area contributed by atoms with E-state index >= 15 is 0 Å². The third kappa shape index (κ3) is 1.40. The first kappa shape index (κ1) is 9.77. The first-order valence-corrected chi connectivity index (χ1v) is 4.94. The Hall–Kier alpha value is -1.77. The molecule has 0 unspecified atom stereocenters. The number of hydrogen-bond donors (Lipinski definition) is 1. The lowest BCUT2D eigenvalue weighted by Crippen LogP contribution is -2.20. The van der Waals surface area contributed by atoms with Crippen molar-refractivity contribution < 1.29 is 4.79 Å². The molecular weight excluding hydrogens is 188 g/mol. The molecule has 0 aliphatic carbocycles. The van der Waals surface area contributed by atoms with Crippen LogP contribution in [0.4, 0.5) is 0 Å². The average Bonchev–Trinajstić information content (AvgIpc) is 2.55. The lowest BCUT2D eigenvalue weighted by molar-refractivity contribution is 0.0957. The molecule has 2 rings (SSSR count). The van der Waals surface area contributed by atoms with Gasteiger partial charge in [0.05, 0.1) is 0 Å². The summed E-state index contributed by atoms with van der Waals surface area (Å²) in [6.07, 6.45) is 1.92. The Morgan fingerprint density at radius 3 is 2.73 bits per heavy atom. The van der Waals surface area contributed by atoms with Crippen molar-refractivity contribution in [1.82, 2.24) is 9.72 Å². The van der Waals surface area contributed by atoms with Gasteiger partial charge in [-0.25, -0.2) is 0 Å². The monoisotopic (exact) mass is 202 g/mol. The number of nitrogens with zero attached hydrogens (tertiary/aromatic N) is 1. The third-order valence-corrected chi connectivity index (χ3v) is 2.65. The molecule has 0 fully saturated rings. The van der Waals surface area contributed by atoms with Gasteiger partial charge in [0, 0.05) is 18.8 Å². The fourth-order valence-electron chi connectivity index (χ4n) is 1.88. The van der Waals surface area contributed by atoms with Gasteiger partial charge < -0.3 is 9.72 Å². The van der Waals surface area contributed by atoms with Crippen LogP contribution in [0.3, 0.4) is 0 Å². The Morgan fingerprint density at radius 1 is 1.33 bits per heavy atom. The molecule has 3 nitrogen and oxygen atoms in total. The van der Waals surface area contributed by atoms with Crippen molar-refractivity contribution in [2.24, 2.45) is 0 Å². The zero-order valence-electron chi connectivity index (χ0n) is 9.16. The molecule has 2 aromatic heterocycles. The largest absolute Gasteiger partial charge is 0.354 e. The zero-order chi connectivity index (χ0) is 11.0. The molecule has 0 saturated heterocycles. The molecule has 2 aromatic rings. The van der Waals surface area contributed by atoms with Gasteiger partial charge in [-0.2, -0.15) is 0 Å². The third-order valence-electron chi connectivity index (χ3n) is 2.65. The minimum absolute atomic E-state index is 0.0434. The van der Waals surface area contributed by atoms with Crippen molar-refractivity contribution in [2.45, 2.75) is 13.8 Å². The van der Waals surface area contributed by atoms with Gasteiger partial charge in [-0.15, -0.1) is 0 Å². The summed E-state index contributed by atoms with van der Waals surface area (Å²) in [5.74, 6) is -0.0434. The van der Waals surface area contributed by atoms with Gasteiger partial charge in [0.15, 0.2) is 0 Å². The molecule has 0 aromatic carbocycles. The molecule has 0 spiro atoms. The van der Waals surface area contributed by atoms with Crippen molar-refractivity contribution in [2.75, 3.05) is 7.05 Å². The van der Waals surface area contributed by atoms with E-state index in [2.05, 4.69) is 5.32 Å². The lowest BCUT2D eigenvalue weighted by atomic mass is 10.2. The smallest absolute Gasteiger partial charge is 0.268 e. The van der Waals surface area contributed by atoms with Crippen molar-refractivity contribution in [3.05, 3.63) is 41.2 Å². The molecular formula is C12H14N2O. The Morgan fingerprint density at radius 2 is 2.07 bits per heavy atom. The molecule has 0 radical (unpaired) electrons. The highest BCUT2D eigenvalue weighted by Crippen LogP contribution is 2.18. The van der Waals surface area contributed by atoms with Crippen LogP contribution in [0, 0.1) is 13.8 Å². The fourth-order valence-corrected chi connectivity index (χ4v) is 1.88. The van der Waals surface area contributed by atoms with Crippen LogP contribution in [0.25, 0.3) is 5.52 Å². The summed E-state index contributed by atoms with van der Waals surface area (Å²) in [5.41, 5.74) is 3.99. The highest BCUT2D eigenvalue weighted by molar-refractivity contribution is 5.95. The minimum Gasteiger partial charge on any atom is -0.354 e. The van der Waals surface area contributed by atoms with Gasteiger partial charge in [0.25, 0.3) is 5.91 Å². The second-order valence-electron chi connectivity index (χ2n) is 3.70. The van der Waals surface area contributed by atoms with Crippen LogP contribution in [0.5, 0.6) is 0 Å². The van der Waals surface area contributed by atoms with Crippen LogP contribution < -0.4 is 5.32 Å². The molecule has 0 atom stereocenters. The molecule has 3 heteroatoms. The van der Waals surface area contributed by atoms with E-state index in [1.54, 1.807) is 7.05 Å². The molecule has 0 aliphatic rings. The number of aromatic nitrogens is 1. The number of nitrogens with one attached hydrogen (secondary N) is 1. The zero-order valence-corrected chi connectivity index (χ0v) is 9.16. The predicted octanol–water partition coefficient (Wildman–Crippen LogP) is 1.92. The summed E-state index contributed by atoms with van der Waals surface area (Å²) in [4.78, 5) is 11.7. The predicted molar refractivity (Wildman–Crippen MR) is 60.3 cm³/mol. The first-order chi connectivity index (χ1) is 7.15. The van der Waals surface area contributed by atoms with Crippen LogP contribution in [0.15, 0.2) is 24.4 Å². The summed E-state index contributed by atoms with van der Waals surface area (Å²) < 4.78 is 1.93. The van der Waals surface area contributed by atoms with Gasteiger partial charge in [0.2, 0.25) is 0 Å². The summed E-state index contributed by atoms with van der Waals surface area (Å²) >= 11 is 0. The Kier molecular flexibility index (Phi) is 2.23. The van der Waals surface area contributed by atoms with E-state index in [1.807, 2.05) is 42.6 Å². The summed E-state index contributed by atoms with van der Waals surface area (Å²) in [5, 5.41) is 2.66. The Bertz CT molecular complexity index is 526. The molecule has 0 saturated carbocycles. The standard InChI is InChI=1S/C12H14N2O/c1-8-5-4-6-14-10(8)7-9(2)11(14)12(15)13-3/h4-7H,1-3H3,(H,13,15). The van der Waals surface area contributed by atoms with Crippen molar-refractivity contribution >= 4 is 11.4 Å². The van der Waals surface area contributed by atoms with Crippen LogP contribution in [-0.4, -0.2) is 17.4 Å². The molecule has 78 valence electrons. The number of carbonyl (C=O) groups is 1. The first-order valence-electron chi connectivity index (χ1n) is 4.94. The van der Waals surface area contributed by atoms with E-state index in [0.29, 0.717) is 0 Å². The van der Waals surface area contributed by atoms with Gasteiger partial charge in [-0.05, 0) is 37.1 Å². The topological polar surface area (TPSA) is 33.5 Å². The summed E-state index contributed by atoms with van der Waals surface area (Å²) in [6.45, 7) is 4.00. The second kappa shape index (κ2) is 3.42. The maximum absolute atomic E-state index is 11.7. The fraction of sp³-hybridized carbons (Fsp3) is 0.250. The number of carbonyl (C=O) groups excluding carboxylic acids is 1. The molecule has 1 N–H and O–H groups in total.